The highest BCUT2D eigenvalue weighted by Crippen LogP contribution is 2.60. The maximum Gasteiger partial charge on any atom is 0.220 e. The molecule has 0 bridgehead atoms. The number of carboxylic acid groups (broad SMARTS) is 3. The minimum atomic E-state index is -1.63. The van der Waals surface area contributed by atoms with Crippen LogP contribution in [0.15, 0.2) is 303 Å². The number of halogens is 7. The normalized spacial score (nSPS) is 10.6. The van der Waals surface area contributed by atoms with Crippen LogP contribution in [-0.4, -0.2) is 23.0 Å². The van der Waals surface area contributed by atoms with E-state index >= 15 is 0 Å². The molecular formula is C98H66I7O19-3. The summed E-state index contributed by atoms with van der Waals surface area (Å²) in [7, 11) is 0. The SMILES string of the molecule is Cc1ccc(Oc2c(O)c(Oc3ccc(I)cc3)c(Oc3ccc(C)cc3)c(C(=O)[O-])c2Oc2ccc(I)cc2)cc1.Cc1ccc(Oc2c(Oc3ccc(I)cc3)c(Oc3ccc(I)cc3)c(Oc3ccc(C)cc3)c(C(=O)[O-])c2Oc2ccc(I)cc2)cc1.Cc1ccc(Oc2cc(C(=O)[O-])cc(Oc3ccc(I)cc3)c2Oc2ccc(I)cc2)cc1. The van der Waals surface area contributed by atoms with E-state index in [0.717, 1.165) is 52.8 Å². The molecule has 26 heteroatoms. The maximum atomic E-state index is 13.3. The first kappa shape index (κ1) is 90.9. The van der Waals surface area contributed by atoms with Gasteiger partial charge in [-0.05, 0) is 435 Å². The standard InChI is InChI=1S/C39H27I3O7.C33H24I2O7.C26H18I2O5/c1-23-3-13-28(14-4-23)45-34-33(39(43)44)35(46-30-17-7-25(40)8-18-30)36(47-29-15-5-24(2)6-16-29)38(49-32-21-11-27(42)12-22-32)37(34)48-31-19-9-26(41)10-20-31;1-19-3-11-23(12-4-19)39-29-27(33(37)38)30(40-25-15-7-21(34)8-16-25)31(41-24-13-5-20(2)6-14-24)28(36)32(29)42-26-17-9-22(35)10-18-26;1-16-2-8-20(9-3-16)31-23-14-17(26(29)30)15-24(32-21-10-4-18(27)5-11-21)25(23)33-22-12-6-19(28)7-13-22/h3-22H,1-2H3,(H,43,44);3-18,36H,1-2H3,(H,37,38);2-15H,1H3,(H,29,30)/p-3. The van der Waals surface area contributed by atoms with Gasteiger partial charge in [-0.25, -0.2) is 0 Å². The number of rotatable bonds is 27. The summed E-state index contributed by atoms with van der Waals surface area (Å²) < 4.78 is 82.0. The summed E-state index contributed by atoms with van der Waals surface area (Å²) in [6.07, 6.45) is 0. The predicted molar refractivity (Wildman–Crippen MR) is 525 cm³/mol. The van der Waals surface area contributed by atoms with Gasteiger partial charge in [-0.15, -0.1) is 0 Å². The lowest BCUT2D eigenvalue weighted by atomic mass is 10.1. The molecule has 15 rings (SSSR count). The quantitative estimate of drug-likeness (QED) is 0.0470. The Kier molecular flexibility index (Phi) is 31.3. The molecule has 0 aliphatic rings. The molecule has 0 saturated heterocycles. The van der Waals surface area contributed by atoms with Crippen molar-refractivity contribution in [2.75, 3.05) is 0 Å². The lowest BCUT2D eigenvalue weighted by Gasteiger charge is -2.26. The Balaban J connectivity index is 0.000000163. The van der Waals surface area contributed by atoms with Crippen LogP contribution in [0, 0.1) is 59.6 Å². The third kappa shape index (κ3) is 24.8. The zero-order valence-corrected chi connectivity index (χ0v) is 80.9. The van der Waals surface area contributed by atoms with E-state index in [9.17, 15) is 34.8 Å². The second-order valence-electron chi connectivity index (χ2n) is 27.2. The molecule has 0 heterocycles. The van der Waals surface area contributed by atoms with Crippen molar-refractivity contribution < 1.29 is 91.7 Å². The van der Waals surface area contributed by atoms with Crippen LogP contribution in [0.4, 0.5) is 0 Å². The molecule has 15 aromatic rings. The number of carboxylic acids is 3. The van der Waals surface area contributed by atoms with Gasteiger partial charge in [0.2, 0.25) is 40.2 Å². The average Bonchev–Trinajstić information content (AvgIpc) is 0.752. The van der Waals surface area contributed by atoms with Crippen LogP contribution < -0.4 is 72.2 Å². The Morgan fingerprint density at radius 2 is 0.363 bits per heavy atom. The van der Waals surface area contributed by atoms with Crippen molar-refractivity contribution in [3.63, 3.8) is 0 Å². The van der Waals surface area contributed by atoms with Gasteiger partial charge in [0.25, 0.3) is 0 Å². The smallest absolute Gasteiger partial charge is 0.220 e. The summed E-state index contributed by atoms with van der Waals surface area (Å²) in [6.45, 7) is 9.71. The summed E-state index contributed by atoms with van der Waals surface area (Å²) in [4.78, 5) is 37.9. The Bertz CT molecular complexity index is 5960. The molecule has 0 amide bonds. The summed E-state index contributed by atoms with van der Waals surface area (Å²) >= 11 is 15.3. The van der Waals surface area contributed by atoms with Crippen LogP contribution in [-0.2, 0) is 0 Å². The first-order chi connectivity index (χ1) is 59.7. The molecule has 624 valence electrons. The van der Waals surface area contributed by atoms with Crippen LogP contribution in [0.3, 0.4) is 0 Å². The van der Waals surface area contributed by atoms with Gasteiger partial charge in [-0.1, -0.05) is 88.5 Å². The van der Waals surface area contributed by atoms with Gasteiger partial charge in [-0.3, -0.25) is 0 Å². The molecule has 0 unspecified atom stereocenters. The van der Waals surface area contributed by atoms with E-state index in [1.807, 2.05) is 180 Å². The number of carbonyl (C=O) groups is 3. The topological polar surface area (TPSA) is 251 Å². The van der Waals surface area contributed by atoms with E-state index in [2.05, 4.69) is 158 Å². The van der Waals surface area contributed by atoms with Gasteiger partial charge in [0.1, 0.15) is 69.0 Å². The number of phenols is 1. The van der Waals surface area contributed by atoms with Crippen molar-refractivity contribution in [3.05, 3.63) is 373 Å². The zero-order chi connectivity index (χ0) is 87.7. The van der Waals surface area contributed by atoms with Crippen LogP contribution in [0.5, 0.6) is 144 Å². The van der Waals surface area contributed by atoms with Gasteiger partial charge in [0.05, 0.1) is 29.0 Å². The van der Waals surface area contributed by atoms with Crippen molar-refractivity contribution in [3.8, 4) is 144 Å². The summed E-state index contributed by atoms with van der Waals surface area (Å²) in [5, 5.41) is 49.6. The van der Waals surface area contributed by atoms with Gasteiger partial charge < -0.3 is 91.7 Å². The maximum absolute atomic E-state index is 13.3. The van der Waals surface area contributed by atoms with Crippen molar-refractivity contribution in [1.82, 2.24) is 0 Å². The van der Waals surface area contributed by atoms with Gasteiger partial charge in [0.15, 0.2) is 34.5 Å². The molecule has 0 spiro atoms. The Morgan fingerprint density at radius 3 is 0.556 bits per heavy atom. The molecule has 0 atom stereocenters. The fraction of sp³-hybridized carbons (Fsp3) is 0.0510. The van der Waals surface area contributed by atoms with E-state index in [0.29, 0.717) is 69.0 Å². The molecular weight excluding hydrogens is 2370 g/mol. The first-order valence-corrected chi connectivity index (χ1v) is 45.0. The van der Waals surface area contributed by atoms with Gasteiger partial charge in [0, 0.05) is 30.6 Å². The van der Waals surface area contributed by atoms with Crippen LogP contribution in [0.1, 0.15) is 58.9 Å². The number of ether oxygens (including phenoxy) is 12. The molecule has 0 radical (unpaired) electrons. The molecule has 0 saturated carbocycles. The average molecular weight is 2440 g/mol. The highest BCUT2D eigenvalue weighted by atomic mass is 127. The molecule has 0 aromatic heterocycles. The Hall–Kier alpha value is -10.8. The molecule has 124 heavy (non-hydrogen) atoms. The molecule has 0 fully saturated rings. The molecule has 19 nitrogen and oxygen atoms in total. The Morgan fingerprint density at radius 1 is 0.210 bits per heavy atom. The van der Waals surface area contributed by atoms with Crippen LogP contribution in [0.25, 0.3) is 0 Å². The number of aromatic carboxylic acids is 3. The number of phenolic OH excluding ortho intramolecular Hbond substituents is 1. The fourth-order valence-corrected chi connectivity index (χ4v) is 14.0. The third-order valence-electron chi connectivity index (χ3n) is 17.7. The minimum absolute atomic E-state index is 0.0213. The second-order valence-corrected chi connectivity index (χ2v) is 35.9. The minimum Gasteiger partial charge on any atom is -0.545 e. The third-order valence-corrected chi connectivity index (χ3v) is 22.7. The van der Waals surface area contributed by atoms with E-state index < -0.39 is 34.8 Å². The number of hydrogen-bond acceptors (Lipinski definition) is 19. The number of hydrogen-bond donors (Lipinski definition) is 1. The zero-order valence-electron chi connectivity index (χ0n) is 65.8. The molecule has 15 aromatic carbocycles. The first-order valence-electron chi connectivity index (χ1n) is 37.4. The highest BCUT2D eigenvalue weighted by molar-refractivity contribution is 14.1. The predicted octanol–water partition coefficient (Wildman–Crippen LogP) is 27.1. The number of aryl methyl sites for hydroxylation is 5. The molecule has 0 aliphatic carbocycles. The van der Waals surface area contributed by atoms with E-state index in [1.165, 1.54) is 12.1 Å². The summed E-state index contributed by atoms with van der Waals surface area (Å²) in [5.74, 6) is -1.29. The number of carbonyl (C=O) groups excluding carboxylic acids is 3. The lowest BCUT2D eigenvalue weighted by molar-refractivity contribution is -0.256. The Labute approximate surface area is 809 Å². The number of aromatic hydroxyl groups is 1. The van der Waals surface area contributed by atoms with E-state index in [-0.39, 0.29) is 74.6 Å². The van der Waals surface area contributed by atoms with Crippen molar-refractivity contribution >= 4 is 176 Å². The molecule has 0 aliphatic heterocycles. The summed E-state index contributed by atoms with van der Waals surface area (Å²) in [5.41, 5.74) is 4.02. The van der Waals surface area contributed by atoms with Gasteiger partial charge >= 0.3 is 0 Å². The second kappa shape index (κ2) is 42.7. The largest absolute Gasteiger partial charge is 0.545 e. The van der Waals surface area contributed by atoms with Gasteiger partial charge in [-0.2, -0.15) is 0 Å². The van der Waals surface area contributed by atoms with Crippen molar-refractivity contribution in [2.24, 2.45) is 0 Å². The van der Waals surface area contributed by atoms with Crippen LogP contribution in [0.2, 0.25) is 0 Å². The van der Waals surface area contributed by atoms with Crippen molar-refractivity contribution in [1.29, 1.82) is 0 Å². The van der Waals surface area contributed by atoms with E-state index in [1.54, 1.807) is 146 Å². The fourth-order valence-electron chi connectivity index (χ4n) is 11.4. The van der Waals surface area contributed by atoms with Crippen LogP contribution >= 0.6 is 158 Å². The monoisotopic (exact) mass is 2430 g/mol. The number of benzene rings is 15. The molecule has 1 N–H and O–H groups in total. The van der Waals surface area contributed by atoms with Crippen molar-refractivity contribution in [2.45, 2.75) is 34.6 Å². The summed E-state index contributed by atoms with van der Waals surface area (Å²) in [6, 6.07) is 89.2. The highest BCUT2D eigenvalue weighted by Gasteiger charge is 2.36. The lowest BCUT2D eigenvalue weighted by Crippen LogP contribution is -2.24. The van der Waals surface area contributed by atoms with E-state index in [4.69, 9.17) is 56.8 Å².